The van der Waals surface area contributed by atoms with Crippen LogP contribution in [-0.4, -0.2) is 24.1 Å². The fourth-order valence-corrected chi connectivity index (χ4v) is 7.49. The third-order valence-electron chi connectivity index (χ3n) is 9.81. The van der Waals surface area contributed by atoms with E-state index in [0.717, 1.165) is 71.6 Å². The molecule has 0 spiro atoms. The average Bonchev–Trinajstić information content (AvgIpc) is 3.75. The van der Waals surface area contributed by atoms with Gasteiger partial charge in [0, 0.05) is 38.4 Å². The SMILES string of the molecule is N#Cc1cc2c3ccccc3n(-c3ccccc3)c2c2c1c1ccccc1n2-c1nc(-c2ccccc2)nc(-c2ccc(-c3ccccc3)cc2)n1. The number of aromatic nitrogens is 5. The highest BCUT2D eigenvalue weighted by Crippen LogP contribution is 2.43. The van der Waals surface area contributed by atoms with Crippen molar-refractivity contribution >= 4 is 43.6 Å². The smallest absolute Gasteiger partial charge is 0.238 e. The minimum atomic E-state index is 0.475. The Morgan fingerprint density at radius 1 is 0.423 bits per heavy atom. The van der Waals surface area contributed by atoms with Gasteiger partial charge in [-0.25, -0.2) is 4.98 Å². The van der Waals surface area contributed by atoms with E-state index in [2.05, 4.69) is 112 Å². The molecule has 0 saturated carbocycles. The van der Waals surface area contributed by atoms with Gasteiger partial charge >= 0.3 is 0 Å². The van der Waals surface area contributed by atoms with Gasteiger partial charge < -0.3 is 4.57 Å². The first-order chi connectivity index (χ1) is 25.8. The van der Waals surface area contributed by atoms with Crippen LogP contribution in [0, 0.1) is 11.3 Å². The fourth-order valence-electron chi connectivity index (χ4n) is 7.49. The molecular formula is C46H28N6. The van der Waals surface area contributed by atoms with Crippen molar-refractivity contribution in [2.24, 2.45) is 0 Å². The maximum absolute atomic E-state index is 10.7. The second kappa shape index (κ2) is 11.9. The Labute approximate surface area is 299 Å². The molecule has 0 aliphatic rings. The first-order valence-electron chi connectivity index (χ1n) is 17.2. The van der Waals surface area contributed by atoms with Gasteiger partial charge in [0.15, 0.2) is 11.6 Å². The molecule has 3 heterocycles. The number of fused-ring (bicyclic) bond motifs is 7. The highest BCUT2D eigenvalue weighted by molar-refractivity contribution is 6.25. The molecule has 6 heteroatoms. The summed E-state index contributed by atoms with van der Waals surface area (Å²) in [6.45, 7) is 0. The highest BCUT2D eigenvalue weighted by Gasteiger charge is 2.25. The van der Waals surface area contributed by atoms with Gasteiger partial charge in [0.1, 0.15) is 0 Å². The molecule has 6 nitrogen and oxygen atoms in total. The lowest BCUT2D eigenvalue weighted by Crippen LogP contribution is -2.07. The predicted molar refractivity (Wildman–Crippen MR) is 210 cm³/mol. The van der Waals surface area contributed by atoms with Crippen molar-refractivity contribution < 1.29 is 0 Å². The Balaban J connectivity index is 1.34. The minimum Gasteiger partial charge on any atom is -0.307 e. The number of hydrogen-bond donors (Lipinski definition) is 0. The molecule has 0 bridgehead atoms. The number of benzene rings is 7. The normalized spacial score (nSPS) is 11.4. The lowest BCUT2D eigenvalue weighted by Gasteiger charge is -2.13. The molecule has 10 rings (SSSR count). The molecule has 0 amide bonds. The van der Waals surface area contributed by atoms with Crippen LogP contribution in [-0.2, 0) is 0 Å². The Kier molecular flexibility index (Phi) is 6.76. The Morgan fingerprint density at radius 3 is 1.58 bits per heavy atom. The number of nitrogens with zero attached hydrogens (tertiary/aromatic N) is 6. The van der Waals surface area contributed by atoms with Crippen LogP contribution in [0.5, 0.6) is 0 Å². The molecule has 0 aliphatic heterocycles. The van der Waals surface area contributed by atoms with E-state index in [-0.39, 0.29) is 0 Å². The van der Waals surface area contributed by atoms with E-state index in [9.17, 15) is 5.26 Å². The van der Waals surface area contributed by atoms with Crippen LogP contribution in [0.1, 0.15) is 5.56 Å². The summed E-state index contributed by atoms with van der Waals surface area (Å²) >= 11 is 0. The van der Waals surface area contributed by atoms with E-state index in [0.29, 0.717) is 23.2 Å². The number of nitriles is 1. The van der Waals surface area contributed by atoms with Crippen molar-refractivity contribution in [2.45, 2.75) is 0 Å². The standard InChI is InChI=1S/C46H28N6/c47-29-34-28-38-36-20-10-12-22-39(36)51(35-18-8-3-9-19-35)42(38)43-41(34)37-21-11-13-23-40(37)52(43)46-49-44(32-16-6-2-7-17-32)48-45(50-46)33-26-24-31(25-27-33)30-14-4-1-5-15-30/h1-28H. The predicted octanol–water partition coefficient (Wildman–Crippen LogP) is 10.9. The highest BCUT2D eigenvalue weighted by atomic mass is 15.2. The van der Waals surface area contributed by atoms with Crippen molar-refractivity contribution in [1.82, 2.24) is 24.1 Å². The van der Waals surface area contributed by atoms with Gasteiger partial charge in [-0.15, -0.1) is 0 Å². The van der Waals surface area contributed by atoms with Crippen LogP contribution >= 0.6 is 0 Å². The quantitative estimate of drug-likeness (QED) is 0.184. The third kappa shape index (κ3) is 4.61. The topological polar surface area (TPSA) is 72.3 Å². The van der Waals surface area contributed by atoms with Crippen LogP contribution in [0.3, 0.4) is 0 Å². The first-order valence-corrected chi connectivity index (χ1v) is 17.2. The summed E-state index contributed by atoms with van der Waals surface area (Å²) in [5.41, 5.74) is 9.45. The van der Waals surface area contributed by atoms with Gasteiger partial charge in [0.2, 0.25) is 5.95 Å². The summed E-state index contributed by atoms with van der Waals surface area (Å²) in [5.74, 6) is 1.60. The van der Waals surface area contributed by atoms with E-state index in [1.807, 2.05) is 72.8 Å². The molecule has 0 fully saturated rings. The summed E-state index contributed by atoms with van der Waals surface area (Å²) in [4.78, 5) is 15.5. The minimum absolute atomic E-state index is 0.475. The summed E-state index contributed by atoms with van der Waals surface area (Å²) in [6, 6.07) is 60.3. The zero-order valence-electron chi connectivity index (χ0n) is 27.8. The fraction of sp³-hybridized carbons (Fsp3) is 0. The Morgan fingerprint density at radius 2 is 0.923 bits per heavy atom. The maximum Gasteiger partial charge on any atom is 0.238 e. The second-order valence-corrected chi connectivity index (χ2v) is 12.8. The Hall–Kier alpha value is -7.36. The molecule has 3 aromatic heterocycles. The van der Waals surface area contributed by atoms with E-state index >= 15 is 0 Å². The van der Waals surface area contributed by atoms with Gasteiger partial charge in [-0.2, -0.15) is 15.2 Å². The van der Waals surface area contributed by atoms with Crippen molar-refractivity contribution in [2.75, 3.05) is 0 Å². The molecule has 0 aliphatic carbocycles. The van der Waals surface area contributed by atoms with Crippen molar-refractivity contribution in [3.63, 3.8) is 0 Å². The monoisotopic (exact) mass is 664 g/mol. The third-order valence-corrected chi connectivity index (χ3v) is 9.81. The van der Waals surface area contributed by atoms with Crippen LogP contribution in [0.25, 0.3) is 89.2 Å². The molecule has 0 unspecified atom stereocenters. The number of hydrogen-bond acceptors (Lipinski definition) is 4. The molecular weight excluding hydrogens is 637 g/mol. The molecule has 0 N–H and O–H groups in total. The van der Waals surface area contributed by atoms with Gasteiger partial charge in [0.25, 0.3) is 0 Å². The summed E-state index contributed by atoms with van der Waals surface area (Å²) in [7, 11) is 0. The maximum atomic E-state index is 10.7. The lowest BCUT2D eigenvalue weighted by molar-refractivity contribution is 0.953. The van der Waals surface area contributed by atoms with Crippen LogP contribution in [0.2, 0.25) is 0 Å². The van der Waals surface area contributed by atoms with Crippen LogP contribution in [0.15, 0.2) is 170 Å². The second-order valence-electron chi connectivity index (χ2n) is 12.8. The molecule has 242 valence electrons. The lowest BCUT2D eigenvalue weighted by atomic mass is 10.0. The largest absolute Gasteiger partial charge is 0.307 e. The van der Waals surface area contributed by atoms with E-state index in [1.54, 1.807) is 0 Å². The summed E-state index contributed by atoms with van der Waals surface area (Å²) < 4.78 is 4.42. The number of para-hydroxylation sites is 3. The molecule has 52 heavy (non-hydrogen) atoms. The van der Waals surface area contributed by atoms with E-state index in [1.165, 1.54) is 0 Å². The molecule has 0 saturated heterocycles. The summed E-state index contributed by atoms with van der Waals surface area (Å²) in [5, 5.41) is 14.6. The van der Waals surface area contributed by atoms with E-state index in [4.69, 9.17) is 15.0 Å². The van der Waals surface area contributed by atoms with Crippen LogP contribution < -0.4 is 0 Å². The molecule has 0 atom stereocenters. The van der Waals surface area contributed by atoms with E-state index < -0.39 is 0 Å². The molecule has 7 aromatic carbocycles. The average molecular weight is 665 g/mol. The van der Waals surface area contributed by atoms with Crippen molar-refractivity contribution in [3.8, 4) is 51.6 Å². The van der Waals surface area contributed by atoms with Crippen molar-refractivity contribution in [3.05, 3.63) is 175 Å². The number of rotatable bonds is 5. The zero-order chi connectivity index (χ0) is 34.6. The van der Waals surface area contributed by atoms with Gasteiger partial charge in [-0.3, -0.25) is 4.57 Å². The summed E-state index contributed by atoms with van der Waals surface area (Å²) in [6.07, 6.45) is 0. The molecule has 0 radical (unpaired) electrons. The van der Waals surface area contributed by atoms with Crippen molar-refractivity contribution in [1.29, 1.82) is 5.26 Å². The Bertz CT molecular complexity index is 2990. The van der Waals surface area contributed by atoms with Gasteiger partial charge in [0.05, 0.1) is 33.7 Å². The zero-order valence-corrected chi connectivity index (χ0v) is 27.8. The first kappa shape index (κ1) is 29.5. The molecule has 10 aromatic rings. The van der Waals surface area contributed by atoms with Gasteiger partial charge in [-0.05, 0) is 41.5 Å². The van der Waals surface area contributed by atoms with Gasteiger partial charge in [-0.1, -0.05) is 140 Å². The van der Waals surface area contributed by atoms with Crippen LogP contribution in [0.4, 0.5) is 0 Å².